The summed E-state index contributed by atoms with van der Waals surface area (Å²) >= 11 is 3.05. The third-order valence-corrected chi connectivity index (χ3v) is 4.19. The standard InChI is InChI=1S/C17H16BrNO6/c1-10(20)25-9-13-7-14(21)15(18)16(22)19(13)8-11-3-5-12(6-4-11)17(23)24-2/h3-7,21H,8-9H2,1-2H3. The molecule has 0 aliphatic carbocycles. The number of pyridine rings is 1. The van der Waals surface area contributed by atoms with Gasteiger partial charge in [-0.2, -0.15) is 0 Å². The Labute approximate surface area is 151 Å². The summed E-state index contributed by atoms with van der Waals surface area (Å²) in [5.74, 6) is -1.18. The van der Waals surface area contributed by atoms with Crippen LogP contribution in [-0.2, 0) is 27.4 Å². The molecule has 1 aromatic carbocycles. The third-order valence-electron chi connectivity index (χ3n) is 3.45. The van der Waals surface area contributed by atoms with Gasteiger partial charge in [0.1, 0.15) is 16.8 Å². The number of aromatic nitrogens is 1. The van der Waals surface area contributed by atoms with Gasteiger partial charge in [-0.25, -0.2) is 4.79 Å². The smallest absolute Gasteiger partial charge is 0.337 e. The minimum Gasteiger partial charge on any atom is -0.506 e. The lowest BCUT2D eigenvalue weighted by Crippen LogP contribution is -2.25. The third kappa shape index (κ3) is 4.48. The highest BCUT2D eigenvalue weighted by Gasteiger charge is 2.14. The van der Waals surface area contributed by atoms with Crippen LogP contribution < -0.4 is 5.56 Å². The van der Waals surface area contributed by atoms with Crippen molar-refractivity contribution in [1.29, 1.82) is 0 Å². The lowest BCUT2D eigenvalue weighted by Gasteiger charge is -2.14. The minimum atomic E-state index is -0.496. The van der Waals surface area contributed by atoms with Crippen LogP contribution >= 0.6 is 15.9 Å². The van der Waals surface area contributed by atoms with Gasteiger partial charge in [0, 0.05) is 13.0 Å². The molecule has 0 spiro atoms. The second kappa shape index (κ2) is 7.98. The van der Waals surface area contributed by atoms with Gasteiger partial charge in [0.2, 0.25) is 0 Å². The van der Waals surface area contributed by atoms with Crippen molar-refractivity contribution in [2.45, 2.75) is 20.1 Å². The highest BCUT2D eigenvalue weighted by Crippen LogP contribution is 2.21. The van der Waals surface area contributed by atoms with Crippen LogP contribution in [0.25, 0.3) is 0 Å². The summed E-state index contributed by atoms with van der Waals surface area (Å²) in [6.45, 7) is 1.29. The predicted molar refractivity (Wildman–Crippen MR) is 92.4 cm³/mol. The predicted octanol–water partition coefficient (Wildman–Crippen LogP) is 2.21. The number of halogens is 1. The van der Waals surface area contributed by atoms with E-state index in [1.54, 1.807) is 24.3 Å². The van der Waals surface area contributed by atoms with Crippen molar-refractivity contribution in [2.24, 2.45) is 0 Å². The van der Waals surface area contributed by atoms with Crippen LogP contribution in [0.5, 0.6) is 5.75 Å². The van der Waals surface area contributed by atoms with Crippen LogP contribution in [0.4, 0.5) is 0 Å². The molecular weight excluding hydrogens is 394 g/mol. The number of carbonyl (C=O) groups excluding carboxylic acids is 2. The van der Waals surface area contributed by atoms with Gasteiger partial charge < -0.3 is 19.1 Å². The maximum Gasteiger partial charge on any atom is 0.337 e. The quantitative estimate of drug-likeness (QED) is 0.760. The fourth-order valence-electron chi connectivity index (χ4n) is 2.17. The molecule has 0 amide bonds. The molecule has 0 atom stereocenters. The van der Waals surface area contributed by atoms with E-state index >= 15 is 0 Å². The average molecular weight is 410 g/mol. The van der Waals surface area contributed by atoms with Crippen molar-refractivity contribution < 1.29 is 24.2 Å². The van der Waals surface area contributed by atoms with E-state index in [0.717, 1.165) is 5.56 Å². The first-order valence-electron chi connectivity index (χ1n) is 7.25. The molecule has 0 radical (unpaired) electrons. The van der Waals surface area contributed by atoms with Crippen molar-refractivity contribution in [3.8, 4) is 5.75 Å². The van der Waals surface area contributed by atoms with Gasteiger partial charge in [0.25, 0.3) is 5.56 Å². The fraction of sp³-hybridized carbons (Fsp3) is 0.235. The molecule has 0 saturated carbocycles. The summed E-state index contributed by atoms with van der Waals surface area (Å²) in [4.78, 5) is 34.9. The Kier molecular flexibility index (Phi) is 5.97. The number of hydrogen-bond donors (Lipinski definition) is 1. The molecule has 2 rings (SSSR count). The summed E-state index contributed by atoms with van der Waals surface area (Å²) in [6.07, 6.45) is 0. The lowest BCUT2D eigenvalue weighted by atomic mass is 10.1. The topological polar surface area (TPSA) is 94.8 Å². The number of methoxy groups -OCH3 is 1. The minimum absolute atomic E-state index is 0.0188. The van der Waals surface area contributed by atoms with Crippen LogP contribution in [0, 0.1) is 0 Å². The molecule has 0 fully saturated rings. The molecule has 0 aliphatic heterocycles. The van der Waals surface area contributed by atoms with Gasteiger partial charge in [0.05, 0.1) is 24.9 Å². The summed E-state index contributed by atoms with van der Waals surface area (Å²) in [6, 6.07) is 7.92. The van der Waals surface area contributed by atoms with Crippen LogP contribution in [0.2, 0.25) is 0 Å². The number of hydrogen-bond acceptors (Lipinski definition) is 6. The van der Waals surface area contributed by atoms with Gasteiger partial charge >= 0.3 is 11.9 Å². The van der Waals surface area contributed by atoms with E-state index in [0.29, 0.717) is 11.3 Å². The van der Waals surface area contributed by atoms with Gasteiger partial charge in [0.15, 0.2) is 0 Å². The molecule has 2 aromatic rings. The first-order chi connectivity index (χ1) is 11.8. The van der Waals surface area contributed by atoms with E-state index in [2.05, 4.69) is 20.7 Å². The summed E-state index contributed by atoms with van der Waals surface area (Å²) in [7, 11) is 1.30. The first kappa shape index (κ1) is 18.7. The normalized spacial score (nSPS) is 10.4. The van der Waals surface area contributed by atoms with Crippen molar-refractivity contribution >= 4 is 27.9 Å². The molecule has 25 heavy (non-hydrogen) atoms. The Morgan fingerprint density at radius 3 is 2.44 bits per heavy atom. The molecular formula is C17H16BrNO6. The Hall–Kier alpha value is -2.61. The fourth-order valence-corrected chi connectivity index (χ4v) is 2.50. The van der Waals surface area contributed by atoms with Crippen LogP contribution in [0.15, 0.2) is 39.6 Å². The van der Waals surface area contributed by atoms with E-state index in [-0.39, 0.29) is 23.4 Å². The number of carbonyl (C=O) groups is 2. The summed E-state index contributed by atoms with van der Waals surface area (Å²) in [5, 5.41) is 9.81. The van der Waals surface area contributed by atoms with E-state index < -0.39 is 17.5 Å². The number of nitrogens with zero attached hydrogens (tertiary/aromatic N) is 1. The lowest BCUT2D eigenvalue weighted by molar-refractivity contribution is -0.142. The van der Waals surface area contributed by atoms with Gasteiger partial charge in [-0.15, -0.1) is 0 Å². The molecule has 132 valence electrons. The van der Waals surface area contributed by atoms with E-state index in [1.165, 1.54) is 24.7 Å². The summed E-state index contributed by atoms with van der Waals surface area (Å²) in [5.41, 5.74) is 1.03. The van der Waals surface area contributed by atoms with Crippen molar-refractivity contribution in [2.75, 3.05) is 7.11 Å². The Bertz CT molecular complexity index is 857. The molecule has 0 saturated heterocycles. The van der Waals surface area contributed by atoms with Crippen LogP contribution in [-0.4, -0.2) is 28.7 Å². The highest BCUT2D eigenvalue weighted by atomic mass is 79.9. The number of rotatable bonds is 5. The molecule has 7 nitrogen and oxygen atoms in total. The SMILES string of the molecule is COC(=O)c1ccc(Cn2c(COC(C)=O)cc(O)c(Br)c2=O)cc1. The Morgan fingerprint density at radius 1 is 1.24 bits per heavy atom. The number of ether oxygens (including phenoxy) is 2. The molecule has 1 heterocycles. The second-order valence-electron chi connectivity index (χ2n) is 5.19. The molecule has 8 heteroatoms. The number of aromatic hydroxyl groups is 1. The zero-order valence-corrected chi connectivity index (χ0v) is 15.2. The largest absolute Gasteiger partial charge is 0.506 e. The van der Waals surface area contributed by atoms with Crippen molar-refractivity contribution in [1.82, 2.24) is 4.57 Å². The maximum atomic E-state index is 12.4. The molecule has 1 aromatic heterocycles. The molecule has 0 unspecified atom stereocenters. The number of esters is 2. The summed E-state index contributed by atoms with van der Waals surface area (Å²) < 4.78 is 11.0. The van der Waals surface area contributed by atoms with Crippen molar-refractivity contribution in [3.63, 3.8) is 0 Å². The molecule has 0 aliphatic rings. The van der Waals surface area contributed by atoms with E-state index in [1.807, 2.05) is 0 Å². The highest BCUT2D eigenvalue weighted by molar-refractivity contribution is 9.10. The Morgan fingerprint density at radius 2 is 1.88 bits per heavy atom. The first-order valence-corrected chi connectivity index (χ1v) is 8.04. The van der Waals surface area contributed by atoms with Gasteiger partial charge in [-0.3, -0.25) is 9.59 Å². The number of benzene rings is 1. The van der Waals surface area contributed by atoms with E-state index in [9.17, 15) is 19.5 Å². The average Bonchev–Trinajstić information content (AvgIpc) is 2.60. The monoisotopic (exact) mass is 409 g/mol. The molecule has 1 N–H and O–H groups in total. The zero-order chi connectivity index (χ0) is 18.6. The Balaban J connectivity index is 2.37. The zero-order valence-electron chi connectivity index (χ0n) is 13.6. The van der Waals surface area contributed by atoms with Crippen LogP contribution in [0.3, 0.4) is 0 Å². The molecule has 0 bridgehead atoms. The van der Waals surface area contributed by atoms with Gasteiger partial charge in [-0.1, -0.05) is 12.1 Å². The van der Waals surface area contributed by atoms with E-state index in [4.69, 9.17) is 4.74 Å². The maximum absolute atomic E-state index is 12.4. The van der Waals surface area contributed by atoms with Gasteiger partial charge in [-0.05, 0) is 33.6 Å². The second-order valence-corrected chi connectivity index (χ2v) is 5.99. The van der Waals surface area contributed by atoms with Crippen molar-refractivity contribution in [3.05, 3.63) is 62.0 Å². The van der Waals surface area contributed by atoms with Crippen LogP contribution in [0.1, 0.15) is 28.5 Å².